The summed E-state index contributed by atoms with van der Waals surface area (Å²) in [4.78, 5) is 11.1. The first kappa shape index (κ1) is 8.75. The fraction of sp³-hybridized carbons (Fsp3) is 0.300. The summed E-state index contributed by atoms with van der Waals surface area (Å²) >= 11 is 3.31. The molecule has 0 aromatic heterocycles. The van der Waals surface area contributed by atoms with Crippen molar-refractivity contribution < 1.29 is 9.90 Å². The molecule has 0 atom stereocenters. The zero-order chi connectivity index (χ0) is 9.42. The summed E-state index contributed by atoms with van der Waals surface area (Å²) in [6.45, 7) is 0. The van der Waals surface area contributed by atoms with Gasteiger partial charge >= 0.3 is 0 Å². The molecule has 0 spiro atoms. The van der Waals surface area contributed by atoms with E-state index in [9.17, 15) is 9.90 Å². The SMILES string of the molecule is O=C1CCc2cc(Br)cc(O)c2C1. The van der Waals surface area contributed by atoms with Crippen molar-refractivity contribution in [3.05, 3.63) is 27.7 Å². The maximum atomic E-state index is 11.1. The molecule has 0 heterocycles. The molecule has 0 fully saturated rings. The second kappa shape index (κ2) is 3.14. The number of Topliss-reactive ketones (excluding diaryl/α,β-unsaturated/α-hetero) is 1. The van der Waals surface area contributed by atoms with E-state index >= 15 is 0 Å². The number of hydrogen-bond donors (Lipinski definition) is 1. The van der Waals surface area contributed by atoms with Gasteiger partial charge in [0.25, 0.3) is 0 Å². The average Bonchev–Trinajstić information content (AvgIpc) is 2.06. The van der Waals surface area contributed by atoms with Crippen molar-refractivity contribution in [2.75, 3.05) is 0 Å². The molecule has 68 valence electrons. The van der Waals surface area contributed by atoms with E-state index in [1.54, 1.807) is 6.07 Å². The number of hydrogen-bond acceptors (Lipinski definition) is 2. The Morgan fingerprint density at radius 3 is 2.85 bits per heavy atom. The molecule has 1 N–H and O–H groups in total. The van der Waals surface area contributed by atoms with Crippen LogP contribution in [0.25, 0.3) is 0 Å². The Bertz CT molecular complexity index is 371. The quantitative estimate of drug-likeness (QED) is 0.756. The predicted molar refractivity (Wildman–Crippen MR) is 52.8 cm³/mol. The molecule has 3 heteroatoms. The molecular formula is C10H9BrO2. The smallest absolute Gasteiger partial charge is 0.137 e. The highest BCUT2D eigenvalue weighted by Crippen LogP contribution is 2.30. The molecule has 2 rings (SSSR count). The van der Waals surface area contributed by atoms with E-state index in [-0.39, 0.29) is 11.5 Å². The molecule has 0 bridgehead atoms. The zero-order valence-electron chi connectivity index (χ0n) is 7.01. The van der Waals surface area contributed by atoms with Crippen LogP contribution in [-0.4, -0.2) is 10.9 Å². The Morgan fingerprint density at radius 1 is 1.31 bits per heavy atom. The van der Waals surface area contributed by atoms with Crippen LogP contribution in [-0.2, 0) is 17.6 Å². The third kappa shape index (κ3) is 1.61. The van der Waals surface area contributed by atoms with E-state index in [0.29, 0.717) is 12.8 Å². The highest BCUT2D eigenvalue weighted by molar-refractivity contribution is 9.10. The lowest BCUT2D eigenvalue weighted by Crippen LogP contribution is -2.13. The van der Waals surface area contributed by atoms with E-state index in [1.807, 2.05) is 6.07 Å². The average molecular weight is 241 g/mol. The molecule has 1 aromatic rings. The summed E-state index contributed by atoms with van der Waals surface area (Å²) < 4.78 is 0.873. The fourth-order valence-corrected chi connectivity index (χ4v) is 2.16. The van der Waals surface area contributed by atoms with Crippen LogP contribution in [0.4, 0.5) is 0 Å². The van der Waals surface area contributed by atoms with Crippen molar-refractivity contribution in [3.63, 3.8) is 0 Å². The molecule has 0 saturated carbocycles. The minimum Gasteiger partial charge on any atom is -0.508 e. The molecule has 0 unspecified atom stereocenters. The summed E-state index contributed by atoms with van der Waals surface area (Å²) in [5.41, 5.74) is 1.89. The molecule has 1 aromatic carbocycles. The standard InChI is InChI=1S/C10H9BrO2/c11-7-3-6-1-2-8(12)5-9(6)10(13)4-7/h3-4,13H,1-2,5H2. The summed E-state index contributed by atoms with van der Waals surface area (Å²) in [6, 6.07) is 3.61. The molecule has 1 aliphatic carbocycles. The van der Waals surface area contributed by atoms with Crippen LogP contribution < -0.4 is 0 Å². The van der Waals surface area contributed by atoms with Crippen molar-refractivity contribution in [1.29, 1.82) is 0 Å². The van der Waals surface area contributed by atoms with Gasteiger partial charge in [0.05, 0.1) is 0 Å². The summed E-state index contributed by atoms with van der Waals surface area (Å²) in [6.07, 6.45) is 1.73. The normalized spacial score (nSPS) is 15.6. The van der Waals surface area contributed by atoms with Gasteiger partial charge in [-0.25, -0.2) is 0 Å². The second-order valence-electron chi connectivity index (χ2n) is 3.28. The molecule has 0 amide bonds. The van der Waals surface area contributed by atoms with Crippen molar-refractivity contribution in [2.24, 2.45) is 0 Å². The van der Waals surface area contributed by atoms with Crippen molar-refractivity contribution >= 4 is 21.7 Å². The molecule has 0 saturated heterocycles. The van der Waals surface area contributed by atoms with Crippen molar-refractivity contribution in [3.8, 4) is 5.75 Å². The van der Waals surface area contributed by atoms with Crippen molar-refractivity contribution in [2.45, 2.75) is 19.3 Å². The topological polar surface area (TPSA) is 37.3 Å². The number of phenolic OH excluding ortho intramolecular Hbond substituents is 1. The van der Waals surface area contributed by atoms with Gasteiger partial charge in [-0.2, -0.15) is 0 Å². The molecular weight excluding hydrogens is 232 g/mol. The molecule has 2 nitrogen and oxygen atoms in total. The van der Waals surface area contributed by atoms with Gasteiger partial charge in [-0.05, 0) is 24.1 Å². The van der Waals surface area contributed by atoms with E-state index in [2.05, 4.69) is 15.9 Å². The summed E-state index contributed by atoms with van der Waals surface area (Å²) in [7, 11) is 0. The van der Waals surface area contributed by atoms with E-state index in [1.165, 1.54) is 0 Å². The van der Waals surface area contributed by atoms with Crippen LogP contribution in [0.5, 0.6) is 5.75 Å². The van der Waals surface area contributed by atoms with Gasteiger partial charge in [0.15, 0.2) is 0 Å². The predicted octanol–water partition coefficient (Wildman–Crippen LogP) is 2.21. The summed E-state index contributed by atoms with van der Waals surface area (Å²) in [5, 5.41) is 9.57. The number of aromatic hydroxyl groups is 1. The Kier molecular flexibility index (Phi) is 2.12. The Hall–Kier alpha value is -0.830. The number of fused-ring (bicyclic) bond motifs is 1. The molecule has 0 radical (unpaired) electrons. The first-order chi connectivity index (χ1) is 6.16. The third-order valence-electron chi connectivity index (χ3n) is 2.33. The van der Waals surface area contributed by atoms with Crippen LogP contribution in [0, 0.1) is 0 Å². The maximum Gasteiger partial charge on any atom is 0.137 e. The second-order valence-corrected chi connectivity index (χ2v) is 4.19. The monoisotopic (exact) mass is 240 g/mol. The van der Waals surface area contributed by atoms with Gasteiger partial charge in [0, 0.05) is 22.9 Å². The van der Waals surface area contributed by atoms with Gasteiger partial charge in [0.1, 0.15) is 11.5 Å². The van der Waals surface area contributed by atoms with Crippen molar-refractivity contribution in [1.82, 2.24) is 0 Å². The van der Waals surface area contributed by atoms with E-state index < -0.39 is 0 Å². The Balaban J connectivity index is 2.53. The summed E-state index contributed by atoms with van der Waals surface area (Å²) in [5.74, 6) is 0.447. The number of phenols is 1. The van der Waals surface area contributed by atoms with Crippen LogP contribution >= 0.6 is 15.9 Å². The fourth-order valence-electron chi connectivity index (χ4n) is 1.66. The zero-order valence-corrected chi connectivity index (χ0v) is 8.60. The van der Waals surface area contributed by atoms with Gasteiger partial charge in [0.2, 0.25) is 0 Å². The Labute approximate surface area is 84.7 Å². The van der Waals surface area contributed by atoms with Crippen LogP contribution in [0.2, 0.25) is 0 Å². The first-order valence-corrected chi connectivity index (χ1v) is 4.98. The van der Waals surface area contributed by atoms with Gasteiger partial charge in [-0.3, -0.25) is 4.79 Å². The number of carbonyl (C=O) groups excluding carboxylic acids is 1. The highest BCUT2D eigenvalue weighted by Gasteiger charge is 2.18. The van der Waals surface area contributed by atoms with E-state index in [0.717, 1.165) is 22.0 Å². The van der Waals surface area contributed by atoms with Crippen LogP contribution in [0.1, 0.15) is 17.5 Å². The molecule has 0 aliphatic heterocycles. The molecule has 1 aliphatic rings. The number of halogens is 1. The largest absolute Gasteiger partial charge is 0.508 e. The van der Waals surface area contributed by atoms with Gasteiger partial charge < -0.3 is 5.11 Å². The van der Waals surface area contributed by atoms with Gasteiger partial charge in [-0.15, -0.1) is 0 Å². The third-order valence-corrected chi connectivity index (χ3v) is 2.79. The van der Waals surface area contributed by atoms with Gasteiger partial charge in [-0.1, -0.05) is 15.9 Å². The number of carbonyl (C=O) groups is 1. The lowest BCUT2D eigenvalue weighted by Gasteiger charge is -2.16. The maximum absolute atomic E-state index is 11.1. The minimum absolute atomic E-state index is 0.213. The van der Waals surface area contributed by atoms with Crippen LogP contribution in [0.15, 0.2) is 16.6 Å². The minimum atomic E-state index is 0.213. The molecule has 13 heavy (non-hydrogen) atoms. The van der Waals surface area contributed by atoms with E-state index in [4.69, 9.17) is 0 Å². The highest BCUT2D eigenvalue weighted by atomic mass is 79.9. The number of aryl methyl sites for hydroxylation is 1. The Morgan fingerprint density at radius 2 is 2.08 bits per heavy atom. The number of rotatable bonds is 0. The lowest BCUT2D eigenvalue weighted by molar-refractivity contribution is -0.118. The number of ketones is 1. The first-order valence-electron chi connectivity index (χ1n) is 4.19. The lowest BCUT2D eigenvalue weighted by atomic mass is 9.90. The van der Waals surface area contributed by atoms with Crippen LogP contribution in [0.3, 0.4) is 0 Å². The number of benzene rings is 1.